The minimum atomic E-state index is -0.758. The SMILES string of the molecule is CC(C)[C@@H](CO)Nc1nc2ccccn2c(=O)c1[N+](=O)[O-]. The number of rotatable bonds is 5. The first-order valence-corrected chi connectivity index (χ1v) is 6.49. The molecule has 0 fully saturated rings. The average molecular weight is 292 g/mol. The van der Waals surface area contributed by atoms with Crippen LogP contribution in [0, 0.1) is 16.0 Å². The highest BCUT2D eigenvalue weighted by Gasteiger charge is 2.26. The van der Waals surface area contributed by atoms with Gasteiger partial charge in [-0.25, -0.2) is 4.98 Å². The van der Waals surface area contributed by atoms with Crippen molar-refractivity contribution in [2.45, 2.75) is 19.9 Å². The summed E-state index contributed by atoms with van der Waals surface area (Å²) in [7, 11) is 0. The highest BCUT2D eigenvalue weighted by Crippen LogP contribution is 2.20. The number of nitro groups is 1. The number of nitrogens with one attached hydrogen (secondary N) is 1. The van der Waals surface area contributed by atoms with E-state index >= 15 is 0 Å². The smallest absolute Gasteiger partial charge is 0.376 e. The second-order valence-electron chi connectivity index (χ2n) is 4.98. The lowest BCUT2D eigenvalue weighted by atomic mass is 10.1. The first-order valence-electron chi connectivity index (χ1n) is 6.49. The Morgan fingerprint density at radius 2 is 2.19 bits per heavy atom. The van der Waals surface area contributed by atoms with Crippen molar-refractivity contribution in [2.75, 3.05) is 11.9 Å². The van der Waals surface area contributed by atoms with E-state index in [4.69, 9.17) is 0 Å². The van der Waals surface area contributed by atoms with Crippen LogP contribution in [0.1, 0.15) is 13.8 Å². The van der Waals surface area contributed by atoms with Crippen molar-refractivity contribution in [1.82, 2.24) is 9.38 Å². The number of nitrogens with zero attached hydrogens (tertiary/aromatic N) is 3. The zero-order valence-electron chi connectivity index (χ0n) is 11.7. The summed E-state index contributed by atoms with van der Waals surface area (Å²) in [5, 5.41) is 23.3. The number of aliphatic hydroxyl groups is 1. The fraction of sp³-hybridized carbons (Fsp3) is 0.385. The molecular weight excluding hydrogens is 276 g/mol. The summed E-state index contributed by atoms with van der Waals surface area (Å²) in [5.74, 6) is -0.102. The number of aromatic nitrogens is 2. The topological polar surface area (TPSA) is 110 Å². The van der Waals surface area contributed by atoms with Crippen molar-refractivity contribution in [1.29, 1.82) is 0 Å². The molecule has 0 radical (unpaired) electrons. The zero-order chi connectivity index (χ0) is 15.6. The molecule has 0 saturated carbocycles. The molecule has 8 nitrogen and oxygen atoms in total. The summed E-state index contributed by atoms with van der Waals surface area (Å²) < 4.78 is 1.12. The molecule has 0 unspecified atom stereocenters. The Hall–Kier alpha value is -2.48. The molecule has 2 heterocycles. The Morgan fingerprint density at radius 3 is 2.76 bits per heavy atom. The van der Waals surface area contributed by atoms with Crippen LogP contribution in [0.3, 0.4) is 0 Å². The number of hydrogen-bond acceptors (Lipinski definition) is 6. The molecule has 2 rings (SSSR count). The minimum Gasteiger partial charge on any atom is -0.394 e. The van der Waals surface area contributed by atoms with E-state index in [0.29, 0.717) is 5.65 Å². The van der Waals surface area contributed by atoms with Crippen molar-refractivity contribution < 1.29 is 10.0 Å². The largest absolute Gasteiger partial charge is 0.394 e. The lowest BCUT2D eigenvalue weighted by Gasteiger charge is -2.20. The molecule has 8 heteroatoms. The van der Waals surface area contributed by atoms with Gasteiger partial charge in [0, 0.05) is 6.20 Å². The van der Waals surface area contributed by atoms with E-state index < -0.39 is 22.2 Å². The number of pyridine rings is 1. The van der Waals surface area contributed by atoms with E-state index in [-0.39, 0.29) is 18.3 Å². The molecular formula is C13H16N4O4. The van der Waals surface area contributed by atoms with Crippen LogP contribution in [0.15, 0.2) is 29.2 Å². The molecule has 2 N–H and O–H groups in total. The third-order valence-electron chi connectivity index (χ3n) is 3.22. The van der Waals surface area contributed by atoms with E-state index in [1.165, 1.54) is 6.20 Å². The fourth-order valence-electron chi connectivity index (χ4n) is 1.94. The van der Waals surface area contributed by atoms with Crippen LogP contribution in [0.5, 0.6) is 0 Å². The number of aliphatic hydroxyl groups excluding tert-OH is 1. The second-order valence-corrected chi connectivity index (χ2v) is 4.98. The van der Waals surface area contributed by atoms with Crippen LogP contribution >= 0.6 is 0 Å². The van der Waals surface area contributed by atoms with Gasteiger partial charge >= 0.3 is 11.2 Å². The van der Waals surface area contributed by atoms with Crippen molar-refractivity contribution in [3.63, 3.8) is 0 Å². The lowest BCUT2D eigenvalue weighted by molar-refractivity contribution is -0.385. The van der Waals surface area contributed by atoms with Gasteiger partial charge in [-0.3, -0.25) is 19.3 Å². The summed E-state index contributed by atoms with van der Waals surface area (Å²) in [5.41, 5.74) is -1.08. The third kappa shape index (κ3) is 2.84. The van der Waals surface area contributed by atoms with E-state index in [1.807, 2.05) is 13.8 Å². The monoisotopic (exact) mass is 292 g/mol. The minimum absolute atomic E-state index is 0.0191. The van der Waals surface area contributed by atoms with E-state index in [0.717, 1.165) is 4.40 Å². The van der Waals surface area contributed by atoms with Gasteiger partial charge in [-0.15, -0.1) is 0 Å². The molecule has 112 valence electrons. The predicted molar refractivity (Wildman–Crippen MR) is 77.5 cm³/mol. The summed E-state index contributed by atoms with van der Waals surface area (Å²) in [6, 6.07) is 4.43. The van der Waals surface area contributed by atoms with Gasteiger partial charge in [0.2, 0.25) is 5.82 Å². The van der Waals surface area contributed by atoms with Crippen LogP contribution in [0.25, 0.3) is 5.65 Å². The molecule has 0 aliphatic rings. The van der Waals surface area contributed by atoms with Gasteiger partial charge in [0.05, 0.1) is 17.6 Å². The standard InChI is InChI=1S/C13H16N4O4/c1-8(2)9(7-18)14-12-11(17(20)21)13(19)16-6-4-3-5-10(16)15-12/h3-6,8-9,14,18H,7H2,1-2H3/t9-/m1/s1. The first kappa shape index (κ1) is 14.9. The summed E-state index contributed by atoms with van der Waals surface area (Å²) in [6.07, 6.45) is 1.42. The summed E-state index contributed by atoms with van der Waals surface area (Å²) >= 11 is 0. The van der Waals surface area contributed by atoms with E-state index in [1.54, 1.807) is 18.2 Å². The maximum atomic E-state index is 12.2. The molecule has 0 spiro atoms. The van der Waals surface area contributed by atoms with Gasteiger partial charge in [0.1, 0.15) is 5.65 Å². The number of hydrogen-bond donors (Lipinski definition) is 2. The quantitative estimate of drug-likeness (QED) is 0.629. The van der Waals surface area contributed by atoms with Crippen molar-refractivity contribution >= 4 is 17.2 Å². The highest BCUT2D eigenvalue weighted by molar-refractivity contribution is 5.60. The van der Waals surface area contributed by atoms with Gasteiger partial charge in [-0.2, -0.15) is 0 Å². The van der Waals surface area contributed by atoms with Crippen LogP contribution in [-0.4, -0.2) is 32.1 Å². The van der Waals surface area contributed by atoms with E-state index in [2.05, 4.69) is 10.3 Å². The summed E-state index contributed by atoms with van der Waals surface area (Å²) in [6.45, 7) is 3.49. The molecule has 0 aromatic carbocycles. The maximum Gasteiger partial charge on any atom is 0.376 e. The zero-order valence-corrected chi connectivity index (χ0v) is 11.7. The normalized spacial score (nSPS) is 12.6. The van der Waals surface area contributed by atoms with Crippen molar-refractivity contribution in [3.8, 4) is 0 Å². The molecule has 0 saturated heterocycles. The van der Waals surface area contributed by atoms with Gasteiger partial charge in [-0.1, -0.05) is 19.9 Å². The van der Waals surface area contributed by atoms with Gasteiger partial charge < -0.3 is 10.4 Å². The van der Waals surface area contributed by atoms with Crippen LogP contribution in [-0.2, 0) is 0 Å². The van der Waals surface area contributed by atoms with Crippen LogP contribution in [0.4, 0.5) is 11.5 Å². The molecule has 0 amide bonds. The molecule has 0 aliphatic heterocycles. The Balaban J connectivity index is 2.64. The molecule has 2 aromatic heterocycles. The molecule has 1 atom stereocenters. The molecule has 0 bridgehead atoms. The Kier molecular flexibility index (Phi) is 4.18. The van der Waals surface area contributed by atoms with Gasteiger partial charge in [0.15, 0.2) is 0 Å². The van der Waals surface area contributed by atoms with Crippen molar-refractivity contribution in [2.24, 2.45) is 5.92 Å². The highest BCUT2D eigenvalue weighted by atomic mass is 16.6. The maximum absolute atomic E-state index is 12.2. The Bertz CT molecular complexity index is 726. The molecule has 2 aromatic rings. The van der Waals surface area contributed by atoms with Crippen molar-refractivity contribution in [3.05, 3.63) is 44.9 Å². The average Bonchev–Trinajstić information content (AvgIpc) is 2.44. The third-order valence-corrected chi connectivity index (χ3v) is 3.22. The van der Waals surface area contributed by atoms with Crippen LogP contribution in [0.2, 0.25) is 0 Å². The first-order chi connectivity index (χ1) is 9.95. The molecule has 0 aliphatic carbocycles. The number of fused-ring (bicyclic) bond motifs is 1. The predicted octanol–water partition coefficient (Wildman–Crippen LogP) is 1.03. The Labute approximate surface area is 120 Å². The summed E-state index contributed by atoms with van der Waals surface area (Å²) in [4.78, 5) is 26.8. The van der Waals surface area contributed by atoms with Gasteiger partial charge in [0.25, 0.3) is 0 Å². The second kappa shape index (κ2) is 5.88. The fourth-order valence-corrected chi connectivity index (χ4v) is 1.94. The Morgan fingerprint density at radius 1 is 1.48 bits per heavy atom. The van der Waals surface area contributed by atoms with Gasteiger partial charge in [-0.05, 0) is 18.1 Å². The van der Waals surface area contributed by atoms with Crippen LogP contribution < -0.4 is 10.9 Å². The lowest BCUT2D eigenvalue weighted by Crippen LogP contribution is -2.32. The number of anilines is 1. The molecule has 21 heavy (non-hydrogen) atoms. The van der Waals surface area contributed by atoms with E-state index in [9.17, 15) is 20.0 Å².